The molecule has 4 aromatic rings. The van der Waals surface area contributed by atoms with Gasteiger partial charge in [-0.3, -0.25) is 14.1 Å². The molecule has 0 saturated carbocycles. The molecule has 0 aliphatic carbocycles. The van der Waals surface area contributed by atoms with E-state index in [0.717, 1.165) is 44.6 Å². The van der Waals surface area contributed by atoms with Crippen LogP contribution in [0, 0.1) is 5.41 Å². The highest BCUT2D eigenvalue weighted by Gasteiger charge is 2.37. The summed E-state index contributed by atoms with van der Waals surface area (Å²) in [5.74, 6) is 0.200. The molecule has 2 aliphatic rings. The Morgan fingerprint density at radius 1 is 1.17 bits per heavy atom. The number of benzene rings is 1. The summed E-state index contributed by atoms with van der Waals surface area (Å²) in [6.07, 6.45) is -0.428. The zero-order chi connectivity index (χ0) is 28.8. The molecule has 214 valence electrons. The van der Waals surface area contributed by atoms with E-state index in [2.05, 4.69) is 27.1 Å². The lowest BCUT2D eigenvalue weighted by Gasteiger charge is -2.43. The Morgan fingerprint density at radius 2 is 1.95 bits per heavy atom. The Labute approximate surface area is 233 Å². The molecular formula is C28H28F3N7O3. The Morgan fingerprint density at radius 3 is 2.66 bits per heavy atom. The largest absolute Gasteiger partial charge is 0.416 e. The van der Waals surface area contributed by atoms with Crippen LogP contribution >= 0.6 is 0 Å². The first-order valence-electron chi connectivity index (χ1n) is 13.1. The van der Waals surface area contributed by atoms with Crippen molar-refractivity contribution in [3.8, 4) is 11.3 Å². The Hall–Kier alpha value is -4.07. The van der Waals surface area contributed by atoms with Crippen molar-refractivity contribution in [1.29, 1.82) is 0 Å². The lowest BCUT2D eigenvalue weighted by Crippen LogP contribution is -2.51. The summed E-state index contributed by atoms with van der Waals surface area (Å²) in [6, 6.07) is 8.17. The summed E-state index contributed by atoms with van der Waals surface area (Å²) in [7, 11) is 0. The van der Waals surface area contributed by atoms with E-state index in [1.165, 1.54) is 0 Å². The second-order valence-electron chi connectivity index (χ2n) is 10.7. The number of pyridine rings is 1. The third-order valence-electron chi connectivity index (χ3n) is 7.30. The number of morpholine rings is 1. The maximum atomic E-state index is 13.0. The van der Waals surface area contributed by atoms with Crippen LogP contribution in [0.3, 0.4) is 0 Å². The minimum absolute atomic E-state index is 0.140. The van der Waals surface area contributed by atoms with Crippen LogP contribution in [0.4, 0.5) is 24.8 Å². The van der Waals surface area contributed by atoms with Gasteiger partial charge in [-0.05, 0) is 24.3 Å². The number of nitrogens with one attached hydrogen (secondary N) is 1. The van der Waals surface area contributed by atoms with Gasteiger partial charge in [-0.25, -0.2) is 15.0 Å². The highest BCUT2D eigenvalue weighted by molar-refractivity contribution is 6.04. The molecule has 2 aliphatic heterocycles. The highest BCUT2D eigenvalue weighted by atomic mass is 19.4. The van der Waals surface area contributed by atoms with Crippen molar-refractivity contribution >= 4 is 23.1 Å². The lowest BCUT2D eigenvalue weighted by atomic mass is 9.88. The van der Waals surface area contributed by atoms with Gasteiger partial charge in [-0.15, -0.1) is 0 Å². The fourth-order valence-corrected chi connectivity index (χ4v) is 5.24. The molecule has 41 heavy (non-hydrogen) atoms. The second-order valence-corrected chi connectivity index (χ2v) is 10.7. The number of carbonyl (C=O) groups excluding carboxylic acids is 1. The Bertz CT molecular complexity index is 1590. The van der Waals surface area contributed by atoms with Crippen molar-refractivity contribution in [3.63, 3.8) is 0 Å². The lowest BCUT2D eigenvalue weighted by molar-refractivity contribution is -0.137. The zero-order valence-electron chi connectivity index (χ0n) is 22.2. The van der Waals surface area contributed by atoms with Crippen LogP contribution < -0.4 is 11.1 Å². The fourth-order valence-electron chi connectivity index (χ4n) is 5.24. The number of imidazole rings is 1. The van der Waals surface area contributed by atoms with Crippen LogP contribution in [-0.4, -0.2) is 69.6 Å². The van der Waals surface area contributed by atoms with Crippen molar-refractivity contribution in [2.24, 2.45) is 5.41 Å². The number of amides is 1. The van der Waals surface area contributed by atoms with E-state index in [-0.39, 0.29) is 22.9 Å². The minimum Gasteiger partial charge on any atom is -0.382 e. The first kappa shape index (κ1) is 27.1. The number of anilines is 2. The number of nitrogens with zero attached hydrogens (tertiary/aromatic N) is 5. The van der Waals surface area contributed by atoms with E-state index in [1.807, 2.05) is 4.40 Å². The van der Waals surface area contributed by atoms with Crippen LogP contribution in [0.1, 0.15) is 34.8 Å². The van der Waals surface area contributed by atoms with Gasteiger partial charge in [-0.2, -0.15) is 13.2 Å². The number of ether oxygens (including phenoxy) is 2. The van der Waals surface area contributed by atoms with Gasteiger partial charge in [0.05, 0.1) is 25.4 Å². The van der Waals surface area contributed by atoms with Gasteiger partial charge in [-0.1, -0.05) is 19.1 Å². The number of hydrogen-bond acceptors (Lipinski definition) is 8. The molecule has 1 amide bonds. The predicted molar refractivity (Wildman–Crippen MR) is 144 cm³/mol. The molecule has 10 nitrogen and oxygen atoms in total. The smallest absolute Gasteiger partial charge is 0.382 e. The molecule has 1 atom stereocenters. The second kappa shape index (κ2) is 10.4. The number of nitrogens with two attached hydrogens (primary N) is 1. The van der Waals surface area contributed by atoms with E-state index >= 15 is 0 Å². The van der Waals surface area contributed by atoms with Gasteiger partial charge in [0.2, 0.25) is 0 Å². The monoisotopic (exact) mass is 567 g/mol. The van der Waals surface area contributed by atoms with E-state index in [4.69, 9.17) is 20.2 Å². The number of halogens is 3. The molecule has 13 heteroatoms. The summed E-state index contributed by atoms with van der Waals surface area (Å²) in [5, 5.41) is 2.42. The molecule has 1 aromatic carbocycles. The topological polar surface area (TPSA) is 120 Å². The summed E-state index contributed by atoms with van der Waals surface area (Å²) < 4.78 is 52.5. The van der Waals surface area contributed by atoms with Gasteiger partial charge < -0.3 is 20.5 Å². The molecule has 3 N–H and O–H groups in total. The summed E-state index contributed by atoms with van der Waals surface area (Å²) in [4.78, 5) is 28.1. The van der Waals surface area contributed by atoms with Gasteiger partial charge in [0.1, 0.15) is 34.8 Å². The van der Waals surface area contributed by atoms with Crippen LogP contribution in [0.2, 0.25) is 0 Å². The minimum atomic E-state index is -4.54. The summed E-state index contributed by atoms with van der Waals surface area (Å²) in [6.45, 7) is 6.68. The third-order valence-corrected chi connectivity index (χ3v) is 7.30. The van der Waals surface area contributed by atoms with Crippen LogP contribution in [0.5, 0.6) is 0 Å². The maximum absolute atomic E-state index is 13.0. The quantitative estimate of drug-likeness (QED) is 0.358. The first-order chi connectivity index (χ1) is 19.6. The standard InChI is InChI=1S/C28H28F3N7O3/c1-27(15-40-16-27)14-37-10-11-41-20(13-37)25-36-22(23-24(32)34-8-9-38(23)25)17-2-4-18(5-3-17)26(39)35-21-12-19(6-7-33-21)28(29,30)31/h2-9,12,20H,10-11,13-16H2,1H3,(H2,32,34)(H,33,35,39)/t20-/m1/s1. The van der Waals surface area contributed by atoms with E-state index in [0.29, 0.717) is 41.6 Å². The first-order valence-corrected chi connectivity index (χ1v) is 13.1. The maximum Gasteiger partial charge on any atom is 0.416 e. The third kappa shape index (κ3) is 5.47. The van der Waals surface area contributed by atoms with Crippen molar-refractivity contribution in [3.05, 3.63) is 71.9 Å². The molecule has 5 heterocycles. The van der Waals surface area contributed by atoms with Crippen molar-refractivity contribution in [1.82, 2.24) is 24.3 Å². The molecular weight excluding hydrogens is 539 g/mol. The fraction of sp³-hybridized carbons (Fsp3) is 0.357. The van der Waals surface area contributed by atoms with Crippen molar-refractivity contribution in [2.75, 3.05) is 50.5 Å². The highest BCUT2D eigenvalue weighted by Crippen LogP contribution is 2.34. The van der Waals surface area contributed by atoms with Crippen LogP contribution in [-0.2, 0) is 15.7 Å². The summed E-state index contributed by atoms with van der Waals surface area (Å²) >= 11 is 0. The number of aromatic nitrogens is 4. The average Bonchev–Trinajstić information content (AvgIpc) is 3.33. The number of alkyl halides is 3. The van der Waals surface area contributed by atoms with E-state index in [9.17, 15) is 18.0 Å². The molecule has 0 radical (unpaired) electrons. The SMILES string of the molecule is CC1(CN2CCO[C@@H](c3nc(-c4ccc(C(=O)Nc5cc(C(F)(F)F)ccn5)cc4)c4c(N)nccn34)C2)COC1. The molecule has 0 unspecified atom stereocenters. The Kier molecular flexibility index (Phi) is 6.88. The number of fused-ring (bicyclic) bond motifs is 1. The van der Waals surface area contributed by atoms with Crippen LogP contribution in [0.15, 0.2) is 55.0 Å². The Balaban J connectivity index is 1.25. The number of hydrogen-bond donors (Lipinski definition) is 2. The van der Waals surface area contributed by atoms with Gasteiger partial charge in [0, 0.05) is 54.8 Å². The molecule has 2 fully saturated rings. The molecule has 0 bridgehead atoms. The van der Waals surface area contributed by atoms with Crippen LogP contribution in [0.25, 0.3) is 16.8 Å². The zero-order valence-corrected chi connectivity index (χ0v) is 22.2. The molecule has 0 spiro atoms. The van der Waals surface area contributed by atoms with E-state index in [1.54, 1.807) is 36.7 Å². The van der Waals surface area contributed by atoms with E-state index < -0.39 is 17.6 Å². The number of nitrogen functional groups attached to an aromatic ring is 1. The average molecular weight is 568 g/mol. The van der Waals surface area contributed by atoms with Gasteiger partial charge in [0.25, 0.3) is 5.91 Å². The normalized spacial score (nSPS) is 19.2. The molecule has 3 aromatic heterocycles. The molecule has 6 rings (SSSR count). The molecule has 2 saturated heterocycles. The number of rotatable bonds is 6. The van der Waals surface area contributed by atoms with Gasteiger partial charge in [0.15, 0.2) is 0 Å². The van der Waals surface area contributed by atoms with Crippen molar-refractivity contribution < 1.29 is 27.4 Å². The summed E-state index contributed by atoms with van der Waals surface area (Å²) in [5.41, 5.74) is 7.66. The van der Waals surface area contributed by atoms with Gasteiger partial charge >= 0.3 is 6.18 Å². The van der Waals surface area contributed by atoms with Crippen molar-refractivity contribution in [2.45, 2.75) is 19.2 Å². The predicted octanol–water partition coefficient (Wildman–Crippen LogP) is 4.05. The number of carbonyl (C=O) groups is 1.